The summed E-state index contributed by atoms with van der Waals surface area (Å²) >= 11 is 0. The largest absolute Gasteiger partial charge is 0.544 e. The van der Waals surface area contributed by atoms with E-state index in [1.807, 2.05) is 0 Å². The molecule has 0 amide bonds. The van der Waals surface area contributed by atoms with Crippen LogP contribution in [0.3, 0.4) is 0 Å². The third-order valence-electron chi connectivity index (χ3n) is 10.1. The number of hydrogen-bond acceptors (Lipinski definition) is 7. The van der Waals surface area contributed by atoms with E-state index in [0.29, 0.717) is 12.8 Å². The smallest absolute Gasteiger partial charge is 0.306 e. The highest BCUT2D eigenvalue weighted by atomic mass is 16.6. The van der Waals surface area contributed by atoms with Crippen LogP contribution in [0.1, 0.15) is 194 Å². The van der Waals surface area contributed by atoms with Crippen LogP contribution in [0.5, 0.6) is 0 Å². The molecule has 0 aromatic heterocycles. The van der Waals surface area contributed by atoms with Crippen LogP contribution in [0.25, 0.3) is 0 Å². The quantitative estimate of drug-likeness (QED) is 0.0264. The maximum absolute atomic E-state index is 12.7. The number of aliphatic carboxylic acids is 1. The second-order valence-corrected chi connectivity index (χ2v) is 16.3. The number of likely N-dealkylation sites (N-methyl/N-ethyl adjacent to an activating group) is 1. The minimum Gasteiger partial charge on any atom is -0.544 e. The van der Waals surface area contributed by atoms with Crippen LogP contribution in [0.4, 0.5) is 0 Å². The summed E-state index contributed by atoms with van der Waals surface area (Å²) < 4.78 is 17.2. The van der Waals surface area contributed by atoms with E-state index in [2.05, 4.69) is 50.3 Å². The topological polar surface area (TPSA) is 102 Å². The van der Waals surface area contributed by atoms with Gasteiger partial charge in [-0.05, 0) is 32.1 Å². The molecule has 0 rings (SSSR count). The molecule has 0 heterocycles. The molecule has 55 heavy (non-hydrogen) atoms. The first-order valence-electron chi connectivity index (χ1n) is 22.5. The van der Waals surface area contributed by atoms with E-state index in [1.165, 1.54) is 109 Å². The van der Waals surface area contributed by atoms with E-state index in [0.717, 1.165) is 51.4 Å². The molecule has 0 saturated carbocycles. The lowest BCUT2D eigenvalue weighted by Gasteiger charge is -2.34. The number of allylic oxidation sites excluding steroid dienone is 6. The monoisotopic (exact) mass is 776 g/mol. The van der Waals surface area contributed by atoms with Gasteiger partial charge in [0.1, 0.15) is 12.6 Å². The average molecular weight is 776 g/mol. The molecule has 0 aromatic carbocycles. The van der Waals surface area contributed by atoms with E-state index in [4.69, 9.17) is 14.2 Å². The average Bonchev–Trinajstić information content (AvgIpc) is 3.14. The van der Waals surface area contributed by atoms with Gasteiger partial charge in [0, 0.05) is 19.3 Å². The zero-order valence-electron chi connectivity index (χ0n) is 36.3. The molecule has 0 fully saturated rings. The zero-order chi connectivity index (χ0) is 40.7. The van der Waals surface area contributed by atoms with Crippen LogP contribution in [0, 0.1) is 0 Å². The minimum absolute atomic E-state index is 0.0394. The predicted octanol–water partition coefficient (Wildman–Crippen LogP) is 10.9. The number of esters is 2. The molecule has 8 nitrogen and oxygen atoms in total. The van der Waals surface area contributed by atoms with Crippen molar-refractivity contribution in [3.63, 3.8) is 0 Å². The number of nitrogens with zero attached hydrogens (tertiary/aromatic N) is 1. The van der Waals surface area contributed by atoms with Gasteiger partial charge in [-0.25, -0.2) is 0 Å². The van der Waals surface area contributed by atoms with Gasteiger partial charge in [-0.1, -0.05) is 179 Å². The molecular weight excluding hydrogens is 691 g/mol. The van der Waals surface area contributed by atoms with Crippen molar-refractivity contribution in [3.8, 4) is 0 Å². The molecule has 0 saturated heterocycles. The molecule has 0 spiro atoms. The van der Waals surface area contributed by atoms with Gasteiger partial charge in [-0.2, -0.15) is 0 Å². The lowest BCUT2D eigenvalue weighted by Crippen LogP contribution is -2.55. The fourth-order valence-electron chi connectivity index (χ4n) is 6.60. The van der Waals surface area contributed by atoms with Crippen molar-refractivity contribution in [1.29, 1.82) is 0 Å². The highest BCUT2D eigenvalue weighted by Gasteiger charge is 2.25. The summed E-state index contributed by atoms with van der Waals surface area (Å²) in [7, 11) is 5.41. The van der Waals surface area contributed by atoms with Gasteiger partial charge in [0.15, 0.2) is 6.10 Å². The number of quaternary nitrogens is 1. The summed E-state index contributed by atoms with van der Waals surface area (Å²) in [4.78, 5) is 36.9. The van der Waals surface area contributed by atoms with Crippen molar-refractivity contribution in [2.45, 2.75) is 206 Å². The summed E-state index contributed by atoms with van der Waals surface area (Å²) in [6, 6.07) is -0.725. The van der Waals surface area contributed by atoms with Gasteiger partial charge in [0.2, 0.25) is 0 Å². The predicted molar refractivity (Wildman–Crippen MR) is 227 cm³/mol. The first kappa shape index (κ1) is 52.6. The highest BCUT2D eigenvalue weighted by molar-refractivity contribution is 5.70. The van der Waals surface area contributed by atoms with Crippen LogP contribution in [0.2, 0.25) is 0 Å². The van der Waals surface area contributed by atoms with Crippen LogP contribution < -0.4 is 5.11 Å². The number of unbranched alkanes of at least 4 members (excludes halogenated alkanes) is 22. The molecule has 8 heteroatoms. The second kappa shape index (κ2) is 38.4. The van der Waals surface area contributed by atoms with E-state index in [1.54, 1.807) is 21.1 Å². The van der Waals surface area contributed by atoms with E-state index in [9.17, 15) is 19.5 Å². The van der Waals surface area contributed by atoms with Crippen molar-refractivity contribution in [3.05, 3.63) is 36.5 Å². The third-order valence-corrected chi connectivity index (χ3v) is 10.1. The Morgan fingerprint density at radius 3 is 1.49 bits per heavy atom. The Bertz CT molecular complexity index is 1000. The summed E-state index contributed by atoms with van der Waals surface area (Å²) in [5.41, 5.74) is 0. The Hall–Kier alpha value is -2.45. The number of rotatable bonds is 40. The second-order valence-electron chi connectivity index (χ2n) is 16.3. The Labute approximate surface area is 338 Å². The standard InChI is InChI=1S/C47H85NO7/c1-6-8-10-12-14-16-18-20-22-24-26-28-30-32-34-36-38-46(50)55-43(41-53-40-39-44(47(51)52)48(3,4)5)42-54-45(49)37-35-33-31-29-27-25-23-21-19-17-15-13-11-9-7-2/h9,11,13,15,17,19,43-44H,6-8,10,12,14,16,18,20-42H2,1-5H3/b11-9+,15-13+,19-17+. The van der Waals surface area contributed by atoms with E-state index >= 15 is 0 Å². The lowest BCUT2D eigenvalue weighted by molar-refractivity contribution is -0.889. The SMILES string of the molecule is CC/C=C/C=C/C=C/CCCCCCCCCC(=O)OCC(COCCC(C(=O)[O-])[N+](C)(C)C)OC(=O)CCCCCCCCCCCCCCCCCC. The van der Waals surface area contributed by atoms with Crippen molar-refractivity contribution in [2.24, 2.45) is 0 Å². The molecule has 2 atom stereocenters. The van der Waals surface area contributed by atoms with Crippen LogP contribution in [0.15, 0.2) is 36.5 Å². The molecule has 0 aliphatic rings. The number of carboxylic acids is 1. The van der Waals surface area contributed by atoms with Gasteiger partial charge in [-0.3, -0.25) is 9.59 Å². The van der Waals surface area contributed by atoms with Crippen LogP contribution in [-0.2, 0) is 28.6 Å². The van der Waals surface area contributed by atoms with Crippen molar-refractivity contribution in [2.75, 3.05) is 41.0 Å². The lowest BCUT2D eigenvalue weighted by atomic mass is 10.0. The molecule has 0 aliphatic carbocycles. The number of ether oxygens (including phenoxy) is 3. The fraction of sp³-hybridized carbons (Fsp3) is 0.809. The van der Waals surface area contributed by atoms with Gasteiger partial charge in [0.25, 0.3) is 0 Å². The molecule has 320 valence electrons. The maximum Gasteiger partial charge on any atom is 0.306 e. The van der Waals surface area contributed by atoms with Gasteiger partial charge >= 0.3 is 11.9 Å². The molecule has 2 unspecified atom stereocenters. The Kier molecular flexibility index (Phi) is 36.7. The summed E-state index contributed by atoms with van der Waals surface area (Å²) in [5.74, 6) is -1.74. The summed E-state index contributed by atoms with van der Waals surface area (Å²) in [6.07, 6.45) is 43.0. The number of hydrogen-bond donors (Lipinski definition) is 0. The maximum atomic E-state index is 12.7. The summed E-state index contributed by atoms with van der Waals surface area (Å²) in [5, 5.41) is 11.6. The Morgan fingerprint density at radius 2 is 1.02 bits per heavy atom. The van der Waals surface area contributed by atoms with E-state index < -0.39 is 18.1 Å². The molecule has 0 N–H and O–H groups in total. The van der Waals surface area contributed by atoms with Crippen molar-refractivity contribution in [1.82, 2.24) is 0 Å². The van der Waals surface area contributed by atoms with Crippen molar-refractivity contribution < 1.29 is 38.2 Å². The molecule has 0 aliphatic heterocycles. The minimum atomic E-state index is -1.13. The van der Waals surface area contributed by atoms with Crippen LogP contribution in [-0.4, -0.2) is 75.5 Å². The Balaban J connectivity index is 4.32. The first-order chi connectivity index (χ1) is 26.6. The number of carbonyl (C=O) groups is 3. The third kappa shape index (κ3) is 36.9. The normalized spacial score (nSPS) is 13.3. The number of carboxylic acid groups (broad SMARTS) is 1. The fourth-order valence-corrected chi connectivity index (χ4v) is 6.60. The first-order valence-corrected chi connectivity index (χ1v) is 22.5. The Morgan fingerprint density at radius 1 is 0.564 bits per heavy atom. The summed E-state index contributed by atoms with van der Waals surface area (Å²) in [6.45, 7) is 4.53. The van der Waals surface area contributed by atoms with Crippen molar-refractivity contribution >= 4 is 17.9 Å². The number of carbonyl (C=O) groups excluding carboxylic acids is 3. The van der Waals surface area contributed by atoms with Gasteiger partial charge < -0.3 is 28.6 Å². The molecule has 0 radical (unpaired) electrons. The van der Waals surface area contributed by atoms with Gasteiger partial charge in [-0.15, -0.1) is 0 Å². The highest BCUT2D eigenvalue weighted by Crippen LogP contribution is 2.15. The zero-order valence-corrected chi connectivity index (χ0v) is 36.3. The van der Waals surface area contributed by atoms with Crippen LogP contribution >= 0.6 is 0 Å². The molecular formula is C47H85NO7. The molecule has 0 aromatic rings. The molecule has 0 bridgehead atoms. The van der Waals surface area contributed by atoms with Gasteiger partial charge in [0.05, 0.1) is 40.3 Å². The van der Waals surface area contributed by atoms with E-state index in [-0.39, 0.29) is 42.7 Å².